The van der Waals surface area contributed by atoms with Gasteiger partial charge in [0.2, 0.25) is 0 Å². The number of nitrogens with zero attached hydrogens (tertiary/aromatic N) is 1. The van der Waals surface area contributed by atoms with E-state index in [9.17, 15) is 13.6 Å². The van der Waals surface area contributed by atoms with Crippen LogP contribution in [0.2, 0.25) is 0 Å². The molecule has 0 spiro atoms. The number of halogens is 2. The lowest BCUT2D eigenvalue weighted by atomic mass is 9.85. The Balaban J connectivity index is 1.69. The lowest BCUT2D eigenvalue weighted by molar-refractivity contribution is 0.102. The van der Waals surface area contributed by atoms with E-state index in [0.717, 1.165) is 29.6 Å². The van der Waals surface area contributed by atoms with Gasteiger partial charge >= 0.3 is 0 Å². The van der Waals surface area contributed by atoms with Crippen LogP contribution in [0.4, 0.5) is 14.5 Å². The van der Waals surface area contributed by atoms with Crippen molar-refractivity contribution in [2.75, 3.05) is 5.32 Å². The number of anilines is 1. The van der Waals surface area contributed by atoms with Crippen molar-refractivity contribution in [1.82, 2.24) is 4.57 Å². The number of carbonyl (C=O) groups excluding carboxylic acids is 1. The smallest absolute Gasteiger partial charge is 0.257 e. The summed E-state index contributed by atoms with van der Waals surface area (Å²) in [6.45, 7) is 0.863. The summed E-state index contributed by atoms with van der Waals surface area (Å²) >= 11 is 0. The summed E-state index contributed by atoms with van der Waals surface area (Å²) in [5.41, 5.74) is 0.981. The van der Waals surface area contributed by atoms with E-state index >= 15 is 0 Å². The minimum Gasteiger partial charge on any atom is -0.346 e. The van der Waals surface area contributed by atoms with Gasteiger partial charge in [0.25, 0.3) is 5.91 Å². The Labute approximate surface area is 144 Å². The molecule has 5 heteroatoms. The van der Waals surface area contributed by atoms with Gasteiger partial charge in [0.05, 0.1) is 5.56 Å². The highest BCUT2D eigenvalue weighted by atomic mass is 19.1. The maximum Gasteiger partial charge on any atom is 0.257 e. The van der Waals surface area contributed by atoms with Crippen molar-refractivity contribution in [1.29, 1.82) is 0 Å². The third kappa shape index (κ3) is 2.90. The van der Waals surface area contributed by atoms with Gasteiger partial charge in [0.1, 0.15) is 17.3 Å². The largest absolute Gasteiger partial charge is 0.346 e. The third-order valence-electron chi connectivity index (χ3n) is 4.91. The Morgan fingerprint density at radius 2 is 1.80 bits per heavy atom. The van der Waals surface area contributed by atoms with Gasteiger partial charge in [-0.25, -0.2) is 8.78 Å². The molecule has 3 nitrogen and oxygen atoms in total. The van der Waals surface area contributed by atoms with Gasteiger partial charge in [-0.1, -0.05) is 30.7 Å². The molecule has 1 amide bonds. The maximum atomic E-state index is 13.8. The van der Waals surface area contributed by atoms with Crippen LogP contribution in [-0.4, -0.2) is 10.5 Å². The number of fused-ring (bicyclic) bond motifs is 1. The predicted molar refractivity (Wildman–Crippen MR) is 93.6 cm³/mol. The van der Waals surface area contributed by atoms with Crippen LogP contribution >= 0.6 is 0 Å². The number of rotatable bonds is 4. The van der Waals surface area contributed by atoms with Crippen molar-refractivity contribution < 1.29 is 13.6 Å². The van der Waals surface area contributed by atoms with Gasteiger partial charge in [0.15, 0.2) is 0 Å². The summed E-state index contributed by atoms with van der Waals surface area (Å²) < 4.78 is 29.7. The van der Waals surface area contributed by atoms with Crippen molar-refractivity contribution in [3.05, 3.63) is 65.9 Å². The Bertz CT molecular complexity index is 924. The van der Waals surface area contributed by atoms with Gasteiger partial charge in [0, 0.05) is 23.6 Å². The number of para-hydroxylation sites is 2. The molecule has 0 bridgehead atoms. The molecule has 1 N–H and O–H groups in total. The average Bonchev–Trinajstić information content (AvgIpc) is 2.93. The van der Waals surface area contributed by atoms with Crippen molar-refractivity contribution in [2.24, 2.45) is 5.92 Å². The first kappa shape index (κ1) is 15.8. The van der Waals surface area contributed by atoms with Gasteiger partial charge in [-0.05, 0) is 37.0 Å². The highest BCUT2D eigenvalue weighted by Crippen LogP contribution is 2.31. The summed E-state index contributed by atoms with van der Waals surface area (Å²) in [5.74, 6) is -1.44. The van der Waals surface area contributed by atoms with Crippen molar-refractivity contribution in [3.63, 3.8) is 0 Å². The molecule has 0 radical (unpaired) electrons. The molecule has 1 fully saturated rings. The zero-order valence-electron chi connectivity index (χ0n) is 13.6. The maximum absolute atomic E-state index is 13.8. The second-order valence-electron chi connectivity index (χ2n) is 6.56. The molecule has 1 saturated carbocycles. The van der Waals surface area contributed by atoms with Crippen LogP contribution in [0.15, 0.2) is 48.7 Å². The summed E-state index contributed by atoms with van der Waals surface area (Å²) in [6, 6.07) is 11.1. The molecular formula is C20H18F2N2O. The Morgan fingerprint density at radius 1 is 1.08 bits per heavy atom. The number of hydrogen-bond donors (Lipinski definition) is 1. The van der Waals surface area contributed by atoms with E-state index in [-0.39, 0.29) is 0 Å². The standard InChI is InChI=1S/C20H18F2N2O/c21-16-8-4-9-17(22)19(16)23-20(25)15-12-24(11-13-5-3-6-13)18-10-2-1-7-14(15)18/h1-2,4,7-10,12-13H,3,5-6,11H2,(H,23,25). The quantitative estimate of drug-likeness (QED) is 0.715. The molecular weight excluding hydrogens is 322 g/mol. The van der Waals surface area contributed by atoms with Crippen LogP contribution in [0.1, 0.15) is 29.6 Å². The number of carbonyl (C=O) groups is 1. The summed E-state index contributed by atoms with van der Waals surface area (Å²) in [7, 11) is 0. The minimum atomic E-state index is -0.786. The zero-order valence-corrected chi connectivity index (χ0v) is 13.6. The van der Waals surface area contributed by atoms with Crippen LogP contribution in [0.5, 0.6) is 0 Å². The molecule has 25 heavy (non-hydrogen) atoms. The van der Waals surface area contributed by atoms with E-state index in [0.29, 0.717) is 11.5 Å². The fraction of sp³-hybridized carbons (Fsp3) is 0.250. The van der Waals surface area contributed by atoms with Crippen molar-refractivity contribution in [3.8, 4) is 0 Å². The monoisotopic (exact) mass is 340 g/mol. The number of amides is 1. The number of benzene rings is 2. The molecule has 3 aromatic rings. The van der Waals surface area contributed by atoms with E-state index < -0.39 is 23.2 Å². The van der Waals surface area contributed by atoms with E-state index in [1.165, 1.54) is 25.3 Å². The first-order chi connectivity index (χ1) is 12.1. The second-order valence-corrected chi connectivity index (χ2v) is 6.56. The van der Waals surface area contributed by atoms with Crippen LogP contribution in [0.3, 0.4) is 0 Å². The van der Waals surface area contributed by atoms with Crippen LogP contribution in [0.25, 0.3) is 10.9 Å². The molecule has 4 rings (SSSR count). The van der Waals surface area contributed by atoms with E-state index in [4.69, 9.17) is 0 Å². The molecule has 1 heterocycles. The topological polar surface area (TPSA) is 34.0 Å². The fourth-order valence-corrected chi connectivity index (χ4v) is 3.33. The van der Waals surface area contributed by atoms with E-state index in [1.807, 2.05) is 24.3 Å². The average molecular weight is 340 g/mol. The molecule has 0 unspecified atom stereocenters. The molecule has 1 aliphatic rings. The number of aromatic nitrogens is 1. The van der Waals surface area contributed by atoms with Crippen LogP contribution in [-0.2, 0) is 6.54 Å². The van der Waals surface area contributed by atoms with Gasteiger partial charge < -0.3 is 9.88 Å². The lowest BCUT2D eigenvalue weighted by Crippen LogP contribution is -2.17. The highest BCUT2D eigenvalue weighted by Gasteiger charge is 2.22. The Hall–Kier alpha value is -2.69. The van der Waals surface area contributed by atoms with Gasteiger partial charge in [-0.3, -0.25) is 4.79 Å². The summed E-state index contributed by atoms with van der Waals surface area (Å²) in [4.78, 5) is 12.7. The molecule has 2 aromatic carbocycles. The summed E-state index contributed by atoms with van der Waals surface area (Å²) in [5, 5.41) is 3.17. The minimum absolute atomic E-state index is 0.414. The normalized spacial score (nSPS) is 14.5. The molecule has 128 valence electrons. The van der Waals surface area contributed by atoms with Crippen molar-refractivity contribution in [2.45, 2.75) is 25.8 Å². The number of nitrogens with one attached hydrogen (secondary N) is 1. The fourth-order valence-electron chi connectivity index (χ4n) is 3.33. The lowest BCUT2D eigenvalue weighted by Gasteiger charge is -2.26. The van der Waals surface area contributed by atoms with Gasteiger partial charge in [-0.15, -0.1) is 0 Å². The van der Waals surface area contributed by atoms with Crippen LogP contribution < -0.4 is 5.32 Å². The number of hydrogen-bond acceptors (Lipinski definition) is 1. The summed E-state index contributed by atoms with van der Waals surface area (Å²) in [6.07, 6.45) is 5.45. The Kier molecular flexibility index (Phi) is 3.99. The van der Waals surface area contributed by atoms with Crippen molar-refractivity contribution >= 4 is 22.5 Å². The zero-order chi connectivity index (χ0) is 17.4. The molecule has 1 aliphatic carbocycles. The molecule has 1 aromatic heterocycles. The first-order valence-electron chi connectivity index (χ1n) is 8.46. The van der Waals surface area contributed by atoms with Crippen LogP contribution in [0, 0.1) is 17.6 Å². The molecule has 0 saturated heterocycles. The van der Waals surface area contributed by atoms with E-state index in [2.05, 4.69) is 9.88 Å². The highest BCUT2D eigenvalue weighted by molar-refractivity contribution is 6.13. The SMILES string of the molecule is O=C(Nc1c(F)cccc1F)c1cn(CC2CCC2)c2ccccc12. The molecule has 0 aliphatic heterocycles. The van der Waals surface area contributed by atoms with E-state index in [1.54, 1.807) is 6.20 Å². The predicted octanol–water partition coefficient (Wildman–Crippen LogP) is 4.97. The Morgan fingerprint density at radius 3 is 2.48 bits per heavy atom. The third-order valence-corrected chi connectivity index (χ3v) is 4.91. The van der Waals surface area contributed by atoms with Gasteiger partial charge in [-0.2, -0.15) is 0 Å². The molecule has 0 atom stereocenters. The first-order valence-corrected chi connectivity index (χ1v) is 8.46. The second kappa shape index (κ2) is 6.31.